The Labute approximate surface area is 87.5 Å². The first-order valence-electron chi connectivity index (χ1n) is 4.51. The maximum Gasteiger partial charge on any atom is 0.0179 e. The molecule has 0 saturated heterocycles. The van der Waals surface area contributed by atoms with Gasteiger partial charge in [0.2, 0.25) is 0 Å². The first kappa shape index (κ1) is 8.54. The SMILES string of the molecule is C[C@@H]1c2ccccc2CC[C@H]1I. The van der Waals surface area contributed by atoms with Crippen molar-refractivity contribution in [2.75, 3.05) is 0 Å². The second-order valence-corrected chi connectivity index (χ2v) is 5.14. The minimum absolute atomic E-state index is 0.746. The molecule has 0 amide bonds. The third kappa shape index (κ3) is 1.39. The molecule has 0 bridgehead atoms. The molecule has 64 valence electrons. The lowest BCUT2D eigenvalue weighted by molar-refractivity contribution is 0.625. The van der Waals surface area contributed by atoms with Crippen LogP contribution in [0.5, 0.6) is 0 Å². The zero-order valence-electron chi connectivity index (χ0n) is 7.26. The molecule has 0 aliphatic heterocycles. The molecule has 0 heterocycles. The summed E-state index contributed by atoms with van der Waals surface area (Å²) in [5.74, 6) is 0.746. The Morgan fingerprint density at radius 1 is 1.33 bits per heavy atom. The van der Waals surface area contributed by atoms with Crippen LogP contribution in [0.4, 0.5) is 0 Å². The van der Waals surface area contributed by atoms with Crippen molar-refractivity contribution in [2.45, 2.75) is 29.6 Å². The van der Waals surface area contributed by atoms with Crippen LogP contribution in [-0.4, -0.2) is 3.92 Å². The third-order valence-electron chi connectivity index (χ3n) is 2.78. The highest BCUT2D eigenvalue weighted by molar-refractivity contribution is 14.1. The Balaban J connectivity index is 2.42. The largest absolute Gasteiger partial charge is 0.0820 e. The predicted molar refractivity (Wildman–Crippen MR) is 61.0 cm³/mol. The second-order valence-electron chi connectivity index (χ2n) is 3.54. The van der Waals surface area contributed by atoms with Gasteiger partial charge in [0.1, 0.15) is 0 Å². The number of rotatable bonds is 0. The summed E-state index contributed by atoms with van der Waals surface area (Å²) in [6.45, 7) is 2.34. The van der Waals surface area contributed by atoms with Crippen LogP contribution >= 0.6 is 22.6 Å². The van der Waals surface area contributed by atoms with E-state index in [1.807, 2.05) is 0 Å². The van der Waals surface area contributed by atoms with Crippen molar-refractivity contribution in [1.82, 2.24) is 0 Å². The Hall–Kier alpha value is -0.0500. The molecule has 0 aromatic heterocycles. The molecule has 0 saturated carbocycles. The summed E-state index contributed by atoms with van der Waals surface area (Å²) in [6, 6.07) is 8.86. The lowest BCUT2D eigenvalue weighted by atomic mass is 9.84. The van der Waals surface area contributed by atoms with E-state index >= 15 is 0 Å². The highest BCUT2D eigenvalue weighted by atomic mass is 127. The van der Waals surface area contributed by atoms with Crippen LogP contribution in [0, 0.1) is 0 Å². The lowest BCUT2D eigenvalue weighted by Crippen LogP contribution is -2.17. The number of alkyl halides is 1. The Bertz CT molecular complexity index is 280. The summed E-state index contributed by atoms with van der Waals surface area (Å²) in [4.78, 5) is 0. The van der Waals surface area contributed by atoms with E-state index < -0.39 is 0 Å². The van der Waals surface area contributed by atoms with Crippen LogP contribution in [0.3, 0.4) is 0 Å². The summed E-state index contributed by atoms with van der Waals surface area (Å²) in [5.41, 5.74) is 3.14. The molecular formula is C11H13I. The van der Waals surface area contributed by atoms with Crippen LogP contribution in [0.2, 0.25) is 0 Å². The van der Waals surface area contributed by atoms with Gasteiger partial charge in [-0.1, -0.05) is 53.8 Å². The highest BCUT2D eigenvalue weighted by Crippen LogP contribution is 2.35. The quantitative estimate of drug-likeness (QED) is 0.500. The lowest BCUT2D eigenvalue weighted by Gasteiger charge is -2.27. The minimum atomic E-state index is 0.746. The zero-order valence-corrected chi connectivity index (χ0v) is 9.41. The Morgan fingerprint density at radius 2 is 2.08 bits per heavy atom. The van der Waals surface area contributed by atoms with Gasteiger partial charge in [0, 0.05) is 3.92 Å². The van der Waals surface area contributed by atoms with Gasteiger partial charge in [-0.2, -0.15) is 0 Å². The van der Waals surface area contributed by atoms with Gasteiger partial charge in [-0.15, -0.1) is 0 Å². The molecule has 1 aliphatic carbocycles. The van der Waals surface area contributed by atoms with E-state index in [4.69, 9.17) is 0 Å². The fraction of sp³-hybridized carbons (Fsp3) is 0.455. The molecule has 0 N–H and O–H groups in total. The van der Waals surface area contributed by atoms with Crippen molar-refractivity contribution in [3.63, 3.8) is 0 Å². The standard InChI is InChI=1S/C11H13I/c1-8-10-5-3-2-4-9(10)6-7-11(8)12/h2-5,8,11H,6-7H2,1H3/t8-,11-/m1/s1. The maximum absolute atomic E-state index is 2.58. The fourth-order valence-corrected chi connectivity index (χ4v) is 2.64. The molecule has 1 aromatic carbocycles. The first-order chi connectivity index (χ1) is 5.79. The summed E-state index contributed by atoms with van der Waals surface area (Å²) in [5, 5.41) is 0. The van der Waals surface area contributed by atoms with Crippen molar-refractivity contribution in [2.24, 2.45) is 0 Å². The van der Waals surface area contributed by atoms with E-state index in [1.54, 1.807) is 11.1 Å². The second kappa shape index (κ2) is 3.36. The topological polar surface area (TPSA) is 0 Å². The van der Waals surface area contributed by atoms with Crippen LogP contribution in [-0.2, 0) is 6.42 Å². The molecule has 1 aliphatic rings. The Morgan fingerprint density at radius 3 is 2.92 bits per heavy atom. The van der Waals surface area contributed by atoms with Gasteiger partial charge in [-0.3, -0.25) is 0 Å². The fourth-order valence-electron chi connectivity index (χ4n) is 1.94. The first-order valence-corrected chi connectivity index (χ1v) is 5.75. The molecule has 0 radical (unpaired) electrons. The molecule has 1 heteroatoms. The van der Waals surface area contributed by atoms with E-state index in [9.17, 15) is 0 Å². The summed E-state index contributed by atoms with van der Waals surface area (Å²) >= 11 is 2.58. The molecule has 0 fully saturated rings. The van der Waals surface area contributed by atoms with Crippen molar-refractivity contribution in [1.29, 1.82) is 0 Å². The highest BCUT2D eigenvalue weighted by Gasteiger charge is 2.22. The number of benzene rings is 1. The molecule has 2 rings (SSSR count). The molecule has 0 unspecified atom stereocenters. The van der Waals surface area contributed by atoms with Gasteiger partial charge < -0.3 is 0 Å². The van der Waals surface area contributed by atoms with E-state index in [0.29, 0.717) is 0 Å². The number of aryl methyl sites for hydroxylation is 1. The summed E-state index contributed by atoms with van der Waals surface area (Å²) in [7, 11) is 0. The molecule has 2 atom stereocenters. The summed E-state index contributed by atoms with van der Waals surface area (Å²) < 4.78 is 0.831. The normalized spacial score (nSPS) is 28.2. The van der Waals surface area contributed by atoms with Crippen LogP contribution in [0.15, 0.2) is 24.3 Å². The maximum atomic E-state index is 2.58. The predicted octanol–water partition coefficient (Wildman–Crippen LogP) is 3.54. The smallest absolute Gasteiger partial charge is 0.0179 e. The van der Waals surface area contributed by atoms with Crippen LogP contribution in [0.1, 0.15) is 30.4 Å². The van der Waals surface area contributed by atoms with E-state index in [1.165, 1.54) is 12.8 Å². The molecule has 0 nitrogen and oxygen atoms in total. The monoisotopic (exact) mass is 272 g/mol. The van der Waals surface area contributed by atoms with Gasteiger partial charge in [0.25, 0.3) is 0 Å². The van der Waals surface area contributed by atoms with E-state index in [0.717, 1.165) is 9.84 Å². The van der Waals surface area contributed by atoms with Crippen molar-refractivity contribution in [3.05, 3.63) is 35.4 Å². The summed E-state index contributed by atoms with van der Waals surface area (Å²) in [6.07, 6.45) is 2.62. The minimum Gasteiger partial charge on any atom is -0.0820 e. The van der Waals surface area contributed by atoms with Gasteiger partial charge in [0.05, 0.1) is 0 Å². The van der Waals surface area contributed by atoms with Gasteiger partial charge in [-0.25, -0.2) is 0 Å². The number of halogens is 1. The molecular weight excluding hydrogens is 259 g/mol. The van der Waals surface area contributed by atoms with Gasteiger partial charge in [-0.05, 0) is 29.9 Å². The molecule has 1 aromatic rings. The number of hydrogen-bond donors (Lipinski definition) is 0. The van der Waals surface area contributed by atoms with Crippen LogP contribution < -0.4 is 0 Å². The van der Waals surface area contributed by atoms with Gasteiger partial charge in [0.15, 0.2) is 0 Å². The average Bonchev–Trinajstić information content (AvgIpc) is 2.12. The van der Waals surface area contributed by atoms with Crippen molar-refractivity contribution in [3.8, 4) is 0 Å². The van der Waals surface area contributed by atoms with E-state index in [-0.39, 0.29) is 0 Å². The van der Waals surface area contributed by atoms with Crippen molar-refractivity contribution < 1.29 is 0 Å². The third-order valence-corrected chi connectivity index (χ3v) is 4.48. The van der Waals surface area contributed by atoms with Crippen molar-refractivity contribution >= 4 is 22.6 Å². The molecule has 0 spiro atoms. The van der Waals surface area contributed by atoms with Crippen LogP contribution in [0.25, 0.3) is 0 Å². The van der Waals surface area contributed by atoms with E-state index in [2.05, 4.69) is 53.8 Å². The average molecular weight is 272 g/mol. The number of hydrogen-bond acceptors (Lipinski definition) is 0. The molecule has 12 heavy (non-hydrogen) atoms. The zero-order chi connectivity index (χ0) is 8.55. The van der Waals surface area contributed by atoms with Gasteiger partial charge >= 0.3 is 0 Å². The Kier molecular flexibility index (Phi) is 2.40. The number of fused-ring (bicyclic) bond motifs is 1.